The van der Waals surface area contributed by atoms with Crippen molar-refractivity contribution in [3.8, 4) is 5.69 Å². The molecular formula is C21H20N4O3. The maximum atomic E-state index is 12.1. The summed E-state index contributed by atoms with van der Waals surface area (Å²) in [5, 5.41) is 15.1. The van der Waals surface area contributed by atoms with Gasteiger partial charge in [-0.1, -0.05) is 23.8 Å². The number of carbonyl (C=O) groups is 1. The van der Waals surface area contributed by atoms with Crippen LogP contribution in [0.25, 0.3) is 5.69 Å². The number of nitrogens with zero attached hydrogens (tertiary/aromatic N) is 3. The zero-order chi connectivity index (χ0) is 20.3. The van der Waals surface area contributed by atoms with E-state index in [9.17, 15) is 14.9 Å². The van der Waals surface area contributed by atoms with E-state index in [2.05, 4.69) is 10.5 Å². The number of amides is 1. The van der Waals surface area contributed by atoms with Gasteiger partial charge in [-0.15, -0.1) is 0 Å². The number of hydrogen-bond acceptors (Lipinski definition) is 4. The van der Waals surface area contributed by atoms with Gasteiger partial charge in [0.15, 0.2) is 0 Å². The largest absolute Gasteiger partial charge is 0.318 e. The summed E-state index contributed by atoms with van der Waals surface area (Å²) in [4.78, 5) is 22.8. The van der Waals surface area contributed by atoms with E-state index in [1.807, 2.05) is 49.6 Å². The van der Waals surface area contributed by atoms with Crippen molar-refractivity contribution in [3.05, 3.63) is 92.8 Å². The Hall–Kier alpha value is -3.74. The second-order valence-corrected chi connectivity index (χ2v) is 6.50. The lowest BCUT2D eigenvalue weighted by molar-refractivity contribution is -0.384. The van der Waals surface area contributed by atoms with E-state index in [1.165, 1.54) is 12.1 Å². The smallest absolute Gasteiger partial charge is 0.271 e. The fourth-order valence-electron chi connectivity index (χ4n) is 2.99. The summed E-state index contributed by atoms with van der Waals surface area (Å²) < 4.78 is 1.91. The molecule has 0 aliphatic heterocycles. The van der Waals surface area contributed by atoms with Crippen molar-refractivity contribution in [1.29, 1.82) is 0 Å². The number of hydrazone groups is 1. The van der Waals surface area contributed by atoms with Crippen molar-refractivity contribution in [3.63, 3.8) is 0 Å². The van der Waals surface area contributed by atoms with Crippen LogP contribution in [0.1, 0.15) is 32.9 Å². The normalized spacial score (nSPS) is 11.0. The minimum atomic E-state index is -0.416. The molecule has 7 heteroatoms. The Labute approximate surface area is 162 Å². The van der Waals surface area contributed by atoms with E-state index in [0.29, 0.717) is 11.3 Å². The number of nitrogens with one attached hydrogen (secondary N) is 1. The average Bonchev–Trinajstić information content (AvgIpc) is 2.95. The first kappa shape index (κ1) is 19.0. The van der Waals surface area contributed by atoms with Gasteiger partial charge in [0.2, 0.25) is 0 Å². The maximum absolute atomic E-state index is 12.1. The van der Waals surface area contributed by atoms with E-state index < -0.39 is 4.92 Å². The highest BCUT2D eigenvalue weighted by molar-refractivity contribution is 5.95. The minimum Gasteiger partial charge on any atom is -0.318 e. The van der Waals surface area contributed by atoms with Crippen LogP contribution >= 0.6 is 0 Å². The SMILES string of the molecule is Cc1ccc(C(=O)N/N=C\c2cc(C)n(-c3cccc([N+](=O)[O-])c3)c2C)cc1. The summed E-state index contributed by atoms with van der Waals surface area (Å²) >= 11 is 0. The molecule has 1 heterocycles. The van der Waals surface area contributed by atoms with Crippen LogP contribution in [0, 0.1) is 30.9 Å². The zero-order valence-electron chi connectivity index (χ0n) is 15.8. The second-order valence-electron chi connectivity index (χ2n) is 6.50. The van der Waals surface area contributed by atoms with E-state index >= 15 is 0 Å². The average molecular weight is 376 g/mol. The lowest BCUT2D eigenvalue weighted by Gasteiger charge is -2.09. The molecule has 0 bridgehead atoms. The van der Waals surface area contributed by atoms with Crippen LogP contribution in [-0.4, -0.2) is 21.6 Å². The standard InChI is InChI=1S/C21H20N4O3/c1-14-7-9-17(10-8-14)21(26)23-22-13-18-11-15(2)24(16(18)3)19-5-4-6-20(12-19)25(27)28/h4-13H,1-3H3,(H,23,26)/b22-13-. The van der Waals surface area contributed by atoms with E-state index in [4.69, 9.17) is 0 Å². The van der Waals surface area contributed by atoms with Crippen molar-refractivity contribution in [2.24, 2.45) is 5.10 Å². The van der Waals surface area contributed by atoms with Crippen LogP contribution in [-0.2, 0) is 0 Å². The topological polar surface area (TPSA) is 89.5 Å². The van der Waals surface area contributed by atoms with Gasteiger partial charge in [0.25, 0.3) is 11.6 Å². The number of nitro benzene ring substituents is 1. The van der Waals surface area contributed by atoms with Crippen molar-refractivity contribution in [2.75, 3.05) is 0 Å². The van der Waals surface area contributed by atoms with E-state index in [0.717, 1.165) is 22.5 Å². The first-order valence-electron chi connectivity index (χ1n) is 8.70. The van der Waals surface area contributed by atoms with Gasteiger partial charge in [0.05, 0.1) is 16.8 Å². The summed E-state index contributed by atoms with van der Waals surface area (Å²) in [6.07, 6.45) is 1.57. The molecule has 7 nitrogen and oxygen atoms in total. The molecule has 3 aromatic rings. The lowest BCUT2D eigenvalue weighted by atomic mass is 10.1. The predicted octanol–water partition coefficient (Wildman–Crippen LogP) is 4.07. The Morgan fingerprint density at radius 2 is 1.82 bits per heavy atom. The highest BCUT2D eigenvalue weighted by atomic mass is 16.6. The van der Waals surface area contributed by atoms with Gasteiger partial charge in [-0.25, -0.2) is 5.43 Å². The molecule has 142 valence electrons. The molecule has 2 aromatic carbocycles. The molecule has 0 unspecified atom stereocenters. The van der Waals surface area contributed by atoms with Crippen LogP contribution in [0.5, 0.6) is 0 Å². The van der Waals surface area contributed by atoms with Crippen molar-refractivity contribution in [2.45, 2.75) is 20.8 Å². The number of hydrogen-bond donors (Lipinski definition) is 1. The Kier molecular flexibility index (Phi) is 5.35. The summed E-state index contributed by atoms with van der Waals surface area (Å²) in [5.41, 5.74) is 7.45. The van der Waals surface area contributed by atoms with Crippen LogP contribution in [0.3, 0.4) is 0 Å². The third-order valence-corrected chi connectivity index (χ3v) is 4.45. The number of rotatable bonds is 5. The van der Waals surface area contributed by atoms with Crippen molar-refractivity contribution in [1.82, 2.24) is 9.99 Å². The first-order chi connectivity index (χ1) is 13.4. The van der Waals surface area contributed by atoms with E-state index in [1.54, 1.807) is 24.4 Å². The zero-order valence-corrected chi connectivity index (χ0v) is 15.8. The predicted molar refractivity (Wildman–Crippen MR) is 108 cm³/mol. The number of non-ortho nitro benzene ring substituents is 1. The highest BCUT2D eigenvalue weighted by Crippen LogP contribution is 2.23. The molecule has 1 amide bonds. The third kappa shape index (κ3) is 3.98. The third-order valence-electron chi connectivity index (χ3n) is 4.45. The van der Waals surface area contributed by atoms with Gasteiger partial charge in [0.1, 0.15) is 0 Å². The van der Waals surface area contributed by atoms with Crippen molar-refractivity contribution < 1.29 is 9.72 Å². The molecule has 0 saturated heterocycles. The van der Waals surface area contributed by atoms with Gasteiger partial charge in [-0.2, -0.15) is 5.10 Å². The quantitative estimate of drug-likeness (QED) is 0.413. The number of nitro groups is 1. The molecule has 0 fully saturated rings. The van der Waals surface area contributed by atoms with Crippen LogP contribution in [0.2, 0.25) is 0 Å². The molecule has 1 aromatic heterocycles. The monoisotopic (exact) mass is 376 g/mol. The van der Waals surface area contributed by atoms with Gasteiger partial charge in [-0.05, 0) is 45.0 Å². The Morgan fingerprint density at radius 1 is 1.11 bits per heavy atom. The molecule has 3 rings (SSSR count). The number of aryl methyl sites for hydroxylation is 2. The van der Waals surface area contributed by atoms with Crippen molar-refractivity contribution >= 4 is 17.8 Å². The van der Waals surface area contributed by atoms with Gasteiger partial charge in [-0.3, -0.25) is 14.9 Å². The van der Waals surface area contributed by atoms with Crippen LogP contribution < -0.4 is 5.43 Å². The summed E-state index contributed by atoms with van der Waals surface area (Å²) in [6, 6.07) is 15.6. The molecule has 0 spiro atoms. The number of benzene rings is 2. The van der Waals surface area contributed by atoms with Gasteiger partial charge < -0.3 is 4.57 Å². The molecule has 0 atom stereocenters. The number of carbonyl (C=O) groups excluding carboxylic acids is 1. The lowest BCUT2D eigenvalue weighted by Crippen LogP contribution is -2.17. The summed E-state index contributed by atoms with van der Waals surface area (Å²) in [5.74, 6) is -0.288. The minimum absolute atomic E-state index is 0.0329. The molecule has 0 radical (unpaired) electrons. The molecule has 0 saturated carbocycles. The summed E-state index contributed by atoms with van der Waals surface area (Å²) in [6.45, 7) is 5.76. The maximum Gasteiger partial charge on any atom is 0.271 e. The molecule has 1 N–H and O–H groups in total. The summed E-state index contributed by atoms with van der Waals surface area (Å²) in [7, 11) is 0. The Morgan fingerprint density at radius 3 is 2.50 bits per heavy atom. The number of aromatic nitrogens is 1. The Balaban J connectivity index is 1.81. The van der Waals surface area contributed by atoms with Gasteiger partial charge in [0, 0.05) is 34.6 Å². The first-order valence-corrected chi connectivity index (χ1v) is 8.70. The fourth-order valence-corrected chi connectivity index (χ4v) is 2.99. The van der Waals surface area contributed by atoms with Gasteiger partial charge >= 0.3 is 0 Å². The molecule has 0 aliphatic carbocycles. The fraction of sp³-hybridized carbons (Fsp3) is 0.143. The molecule has 0 aliphatic rings. The second kappa shape index (κ2) is 7.87. The molecular weight excluding hydrogens is 356 g/mol. The van der Waals surface area contributed by atoms with E-state index in [-0.39, 0.29) is 11.6 Å². The van der Waals surface area contributed by atoms with Crippen LogP contribution in [0.4, 0.5) is 5.69 Å². The molecule has 28 heavy (non-hydrogen) atoms. The van der Waals surface area contributed by atoms with Crippen LogP contribution in [0.15, 0.2) is 59.7 Å². The highest BCUT2D eigenvalue weighted by Gasteiger charge is 2.13. The Bertz CT molecular complexity index is 1070.